The Bertz CT molecular complexity index is 161. The molecule has 0 aromatic heterocycles. The zero-order valence-corrected chi connectivity index (χ0v) is 10.2. The van der Waals surface area contributed by atoms with E-state index >= 15 is 0 Å². The summed E-state index contributed by atoms with van der Waals surface area (Å²) in [7, 11) is 2.13. The van der Waals surface area contributed by atoms with Crippen LogP contribution in [0.15, 0.2) is 0 Å². The van der Waals surface area contributed by atoms with Crippen molar-refractivity contribution >= 4 is 0 Å². The van der Waals surface area contributed by atoms with Crippen LogP contribution in [0, 0.1) is 0 Å². The van der Waals surface area contributed by atoms with Crippen molar-refractivity contribution in [3.05, 3.63) is 0 Å². The van der Waals surface area contributed by atoms with E-state index in [4.69, 9.17) is 9.47 Å². The summed E-state index contributed by atoms with van der Waals surface area (Å²) in [5.74, 6) is 0. The minimum absolute atomic E-state index is 0.327. The summed E-state index contributed by atoms with van der Waals surface area (Å²) in [4.78, 5) is 2.30. The van der Waals surface area contributed by atoms with E-state index in [0.717, 1.165) is 39.5 Å². The standard InChI is InChI=1S/C11H24N2O2/c1-4-14-9-10(2)13(3)8-11-7-12-5-6-15-11/h10-12H,4-9H2,1-3H3. The molecule has 1 rings (SSSR count). The summed E-state index contributed by atoms with van der Waals surface area (Å²) in [5, 5.41) is 3.34. The first-order chi connectivity index (χ1) is 7.24. The van der Waals surface area contributed by atoms with Crippen molar-refractivity contribution in [1.82, 2.24) is 10.2 Å². The van der Waals surface area contributed by atoms with Crippen molar-refractivity contribution in [2.24, 2.45) is 0 Å². The molecule has 1 fully saturated rings. The van der Waals surface area contributed by atoms with Gasteiger partial charge in [0, 0.05) is 32.3 Å². The quantitative estimate of drug-likeness (QED) is 0.694. The van der Waals surface area contributed by atoms with Crippen molar-refractivity contribution in [2.75, 3.05) is 46.5 Å². The van der Waals surface area contributed by atoms with Gasteiger partial charge in [0.2, 0.25) is 0 Å². The fourth-order valence-electron chi connectivity index (χ4n) is 1.65. The fraction of sp³-hybridized carbons (Fsp3) is 1.00. The van der Waals surface area contributed by atoms with Crippen molar-refractivity contribution in [2.45, 2.75) is 26.0 Å². The molecule has 2 atom stereocenters. The molecule has 1 saturated heterocycles. The monoisotopic (exact) mass is 216 g/mol. The molecule has 0 aliphatic carbocycles. The van der Waals surface area contributed by atoms with Crippen LogP contribution in [0.25, 0.3) is 0 Å². The summed E-state index contributed by atoms with van der Waals surface area (Å²) in [6.45, 7) is 9.56. The lowest BCUT2D eigenvalue weighted by molar-refractivity contribution is -0.00530. The second kappa shape index (κ2) is 7.17. The molecule has 0 amide bonds. The zero-order chi connectivity index (χ0) is 11.1. The Balaban J connectivity index is 2.17. The highest BCUT2D eigenvalue weighted by atomic mass is 16.5. The molecule has 1 heterocycles. The normalized spacial score (nSPS) is 24.4. The number of nitrogens with one attached hydrogen (secondary N) is 1. The smallest absolute Gasteiger partial charge is 0.0826 e. The lowest BCUT2D eigenvalue weighted by Gasteiger charge is -2.31. The van der Waals surface area contributed by atoms with Crippen molar-refractivity contribution in [3.63, 3.8) is 0 Å². The van der Waals surface area contributed by atoms with E-state index in [9.17, 15) is 0 Å². The highest BCUT2D eigenvalue weighted by Crippen LogP contribution is 2.02. The molecule has 2 unspecified atom stereocenters. The first-order valence-electron chi connectivity index (χ1n) is 5.84. The number of ether oxygens (including phenoxy) is 2. The Kier molecular flexibility index (Phi) is 6.17. The van der Waals surface area contributed by atoms with Gasteiger partial charge in [-0.15, -0.1) is 0 Å². The molecule has 0 aromatic carbocycles. The highest BCUT2D eigenvalue weighted by Gasteiger charge is 2.18. The van der Waals surface area contributed by atoms with E-state index in [1.165, 1.54) is 0 Å². The Labute approximate surface area is 92.9 Å². The van der Waals surface area contributed by atoms with Crippen molar-refractivity contribution in [1.29, 1.82) is 0 Å². The molecule has 0 aromatic rings. The van der Waals surface area contributed by atoms with Crippen LogP contribution in [0.5, 0.6) is 0 Å². The molecule has 1 aliphatic heterocycles. The molecular formula is C11H24N2O2. The summed E-state index contributed by atoms with van der Waals surface area (Å²) < 4.78 is 11.1. The van der Waals surface area contributed by atoms with Gasteiger partial charge in [-0.25, -0.2) is 0 Å². The van der Waals surface area contributed by atoms with Gasteiger partial charge in [-0.2, -0.15) is 0 Å². The summed E-state index contributed by atoms with van der Waals surface area (Å²) >= 11 is 0. The zero-order valence-electron chi connectivity index (χ0n) is 10.2. The minimum atomic E-state index is 0.327. The van der Waals surface area contributed by atoms with Crippen LogP contribution < -0.4 is 5.32 Å². The van der Waals surface area contributed by atoms with E-state index in [1.807, 2.05) is 6.92 Å². The molecular weight excluding hydrogens is 192 g/mol. The molecule has 1 aliphatic rings. The first kappa shape index (κ1) is 12.9. The van der Waals surface area contributed by atoms with Gasteiger partial charge in [-0.05, 0) is 20.9 Å². The average molecular weight is 216 g/mol. The Morgan fingerprint density at radius 1 is 1.60 bits per heavy atom. The van der Waals surface area contributed by atoms with Gasteiger partial charge in [-0.1, -0.05) is 0 Å². The molecule has 90 valence electrons. The lowest BCUT2D eigenvalue weighted by Crippen LogP contribution is -2.47. The molecule has 1 N–H and O–H groups in total. The van der Waals surface area contributed by atoms with Gasteiger partial charge in [0.05, 0.1) is 19.3 Å². The largest absolute Gasteiger partial charge is 0.380 e. The summed E-state index contributed by atoms with van der Waals surface area (Å²) in [6.07, 6.45) is 0.327. The molecule has 0 saturated carbocycles. The van der Waals surface area contributed by atoms with Crippen molar-refractivity contribution in [3.8, 4) is 0 Å². The van der Waals surface area contributed by atoms with Crippen LogP contribution in [0.3, 0.4) is 0 Å². The number of likely N-dealkylation sites (N-methyl/N-ethyl adjacent to an activating group) is 1. The number of hydrogen-bond acceptors (Lipinski definition) is 4. The van der Waals surface area contributed by atoms with Crippen LogP contribution in [-0.2, 0) is 9.47 Å². The second-order valence-corrected chi connectivity index (χ2v) is 4.14. The molecule has 0 spiro atoms. The number of nitrogens with zero attached hydrogens (tertiary/aromatic N) is 1. The topological polar surface area (TPSA) is 33.7 Å². The van der Waals surface area contributed by atoms with E-state index in [-0.39, 0.29) is 0 Å². The SMILES string of the molecule is CCOCC(C)N(C)CC1CNCCO1. The van der Waals surface area contributed by atoms with Gasteiger partial charge in [0.1, 0.15) is 0 Å². The Morgan fingerprint density at radius 2 is 2.40 bits per heavy atom. The van der Waals surface area contributed by atoms with E-state index in [1.54, 1.807) is 0 Å². The van der Waals surface area contributed by atoms with Gasteiger partial charge in [0.15, 0.2) is 0 Å². The average Bonchev–Trinajstić information content (AvgIpc) is 2.27. The molecule has 4 heteroatoms. The predicted octanol–water partition coefficient (Wildman–Crippen LogP) is 0.332. The lowest BCUT2D eigenvalue weighted by atomic mass is 10.2. The third kappa shape index (κ3) is 4.93. The number of morpholine rings is 1. The second-order valence-electron chi connectivity index (χ2n) is 4.14. The molecule has 15 heavy (non-hydrogen) atoms. The third-order valence-electron chi connectivity index (χ3n) is 2.81. The van der Waals surface area contributed by atoms with E-state index in [2.05, 4.69) is 24.2 Å². The maximum Gasteiger partial charge on any atom is 0.0826 e. The van der Waals surface area contributed by atoms with Crippen LogP contribution >= 0.6 is 0 Å². The fourth-order valence-corrected chi connectivity index (χ4v) is 1.65. The van der Waals surface area contributed by atoms with Crippen LogP contribution in [0.1, 0.15) is 13.8 Å². The number of rotatable bonds is 6. The summed E-state index contributed by atoms with van der Waals surface area (Å²) in [5.41, 5.74) is 0. The van der Waals surface area contributed by atoms with Gasteiger partial charge in [0.25, 0.3) is 0 Å². The summed E-state index contributed by atoms with van der Waals surface area (Å²) in [6, 6.07) is 0.454. The van der Waals surface area contributed by atoms with E-state index in [0.29, 0.717) is 12.1 Å². The van der Waals surface area contributed by atoms with Crippen LogP contribution in [0.4, 0.5) is 0 Å². The van der Waals surface area contributed by atoms with Crippen LogP contribution in [-0.4, -0.2) is 63.5 Å². The maximum absolute atomic E-state index is 5.66. The Morgan fingerprint density at radius 3 is 3.00 bits per heavy atom. The molecule has 0 radical (unpaired) electrons. The van der Waals surface area contributed by atoms with Gasteiger partial charge in [-0.3, -0.25) is 4.90 Å². The van der Waals surface area contributed by atoms with E-state index < -0.39 is 0 Å². The maximum atomic E-state index is 5.66. The first-order valence-corrected chi connectivity index (χ1v) is 5.84. The third-order valence-corrected chi connectivity index (χ3v) is 2.81. The highest BCUT2D eigenvalue weighted by molar-refractivity contribution is 4.73. The Hall–Kier alpha value is -0.160. The number of hydrogen-bond donors (Lipinski definition) is 1. The van der Waals surface area contributed by atoms with Crippen molar-refractivity contribution < 1.29 is 9.47 Å². The molecule has 4 nitrogen and oxygen atoms in total. The minimum Gasteiger partial charge on any atom is -0.380 e. The van der Waals surface area contributed by atoms with Gasteiger partial charge >= 0.3 is 0 Å². The molecule has 0 bridgehead atoms. The van der Waals surface area contributed by atoms with Crippen LogP contribution in [0.2, 0.25) is 0 Å². The predicted molar refractivity (Wildman–Crippen MR) is 61.2 cm³/mol. The van der Waals surface area contributed by atoms with Gasteiger partial charge < -0.3 is 14.8 Å².